The largest absolute Gasteiger partial charge is 0.483 e. The maximum Gasteiger partial charge on any atom is 0.290 e. The fourth-order valence-corrected chi connectivity index (χ4v) is 1.90. The highest BCUT2D eigenvalue weighted by molar-refractivity contribution is 7.14. The number of hydrogen-bond acceptors (Lipinski definition) is 2. The van der Waals surface area contributed by atoms with E-state index in [9.17, 15) is 0 Å². The van der Waals surface area contributed by atoms with Crippen LogP contribution < -0.4 is 0 Å². The minimum Gasteiger partial charge on any atom is -0.483 e. The van der Waals surface area contributed by atoms with Crippen LogP contribution in [0.5, 0.6) is 0 Å². The van der Waals surface area contributed by atoms with Crippen molar-refractivity contribution in [1.29, 1.82) is 0 Å². The van der Waals surface area contributed by atoms with E-state index in [-0.39, 0.29) is 6.47 Å². The first-order valence-corrected chi connectivity index (χ1v) is 3.75. The van der Waals surface area contributed by atoms with Crippen LogP contribution in [0.15, 0.2) is 6.07 Å². The van der Waals surface area contributed by atoms with E-state index in [1.807, 2.05) is 11.3 Å². The molecule has 0 saturated heterocycles. The molecule has 0 amide bonds. The number of rotatable bonds is 0. The average Bonchev–Trinajstić information content (AvgIpc) is 2.22. The molecular formula is C7H8O2S. The van der Waals surface area contributed by atoms with Crippen LogP contribution >= 0.6 is 11.3 Å². The maximum atomic E-state index is 8.36. The maximum absolute atomic E-state index is 8.36. The van der Waals surface area contributed by atoms with Crippen LogP contribution in [0, 0.1) is 6.92 Å². The zero-order valence-electron chi connectivity index (χ0n) is 5.63. The number of carboxylic acid groups (broad SMARTS) is 1. The first-order valence-electron chi connectivity index (χ1n) is 2.94. The summed E-state index contributed by atoms with van der Waals surface area (Å²) in [4.78, 5) is 11.5. The van der Waals surface area contributed by atoms with E-state index in [0.29, 0.717) is 0 Å². The molecule has 2 bridgehead atoms. The third-order valence-electron chi connectivity index (χ3n) is 1.41. The molecule has 0 spiro atoms. The van der Waals surface area contributed by atoms with Crippen molar-refractivity contribution in [2.75, 3.05) is 0 Å². The van der Waals surface area contributed by atoms with E-state index >= 15 is 0 Å². The zero-order chi connectivity index (χ0) is 7.56. The third-order valence-corrected chi connectivity index (χ3v) is 2.64. The Morgan fingerprint density at radius 1 is 1.80 bits per heavy atom. The molecule has 2 nitrogen and oxygen atoms in total. The summed E-state index contributed by atoms with van der Waals surface area (Å²) in [5, 5.41) is 6.89. The van der Waals surface area contributed by atoms with E-state index in [4.69, 9.17) is 9.90 Å². The number of thiophene rings is 1. The van der Waals surface area contributed by atoms with E-state index in [2.05, 4.69) is 13.0 Å². The molecule has 0 unspecified atom stereocenters. The highest BCUT2D eigenvalue weighted by atomic mass is 32.1. The smallest absolute Gasteiger partial charge is 0.290 e. The second-order valence-corrected chi connectivity index (χ2v) is 3.32. The van der Waals surface area contributed by atoms with Gasteiger partial charge in [-0.1, -0.05) is 0 Å². The summed E-state index contributed by atoms with van der Waals surface area (Å²) in [5.41, 5.74) is 1.50. The molecule has 0 fully saturated rings. The summed E-state index contributed by atoms with van der Waals surface area (Å²) in [7, 11) is 0. The minimum atomic E-state index is -0.250. The molecule has 1 aromatic heterocycles. The van der Waals surface area contributed by atoms with Crippen LogP contribution in [0.3, 0.4) is 0 Å². The summed E-state index contributed by atoms with van der Waals surface area (Å²) in [6.45, 7) is 1.93. The van der Waals surface area contributed by atoms with E-state index in [1.54, 1.807) is 9.75 Å². The molecule has 54 valence electrons. The highest BCUT2D eigenvalue weighted by Gasteiger charge is 2.14. The van der Waals surface area contributed by atoms with Gasteiger partial charge in [-0.05, 0) is 18.6 Å². The molecule has 1 aromatic rings. The van der Waals surface area contributed by atoms with Crippen LogP contribution in [-0.2, 0) is 11.2 Å². The molecule has 3 rings (SSSR count). The zero-order valence-corrected chi connectivity index (χ0v) is 6.44. The lowest BCUT2D eigenvalue weighted by Crippen LogP contribution is -1.82. The first-order chi connectivity index (χ1) is 4.77. The van der Waals surface area contributed by atoms with Gasteiger partial charge in [0, 0.05) is 16.2 Å². The number of carbonyl (C=O) groups is 1. The number of fused-ring (bicyclic) bond motifs is 1. The van der Waals surface area contributed by atoms with Crippen molar-refractivity contribution in [3.63, 3.8) is 0 Å². The van der Waals surface area contributed by atoms with Gasteiger partial charge in [0.05, 0.1) is 0 Å². The Morgan fingerprint density at radius 2 is 2.30 bits per heavy atom. The molecule has 1 N–H and O–H groups in total. The van der Waals surface area contributed by atoms with Crippen LogP contribution in [0.4, 0.5) is 0 Å². The fourth-order valence-electron chi connectivity index (χ4n) is 0.931. The Morgan fingerprint density at radius 3 is 2.40 bits per heavy atom. The second-order valence-electron chi connectivity index (χ2n) is 2.10. The number of hydrogen-bond donors (Lipinski definition) is 1. The molecule has 3 heteroatoms. The Bertz CT molecular complexity index is 240. The van der Waals surface area contributed by atoms with Crippen LogP contribution in [0.25, 0.3) is 0 Å². The van der Waals surface area contributed by atoms with Crippen molar-refractivity contribution < 1.29 is 9.90 Å². The molecule has 0 aromatic carbocycles. The molecule has 2 aliphatic rings. The predicted octanol–water partition coefficient (Wildman–Crippen LogP) is 1.66. The second kappa shape index (κ2) is 2.84. The van der Waals surface area contributed by atoms with Gasteiger partial charge in [0.15, 0.2) is 0 Å². The molecule has 1 aliphatic heterocycles. The standard InChI is InChI=1S/C6H6S.CH2O2/c1-4-2-5-3-6(4)7-5;2-1-3/h2H,3H2,1H3;1H,(H,2,3). The van der Waals surface area contributed by atoms with Crippen molar-refractivity contribution in [1.82, 2.24) is 0 Å². The number of aryl methyl sites for hydroxylation is 1. The van der Waals surface area contributed by atoms with Crippen LogP contribution in [0.2, 0.25) is 0 Å². The summed E-state index contributed by atoms with van der Waals surface area (Å²) < 4.78 is 0. The molecular weight excluding hydrogens is 148 g/mol. The van der Waals surface area contributed by atoms with E-state index < -0.39 is 0 Å². The topological polar surface area (TPSA) is 37.3 Å². The lowest BCUT2D eigenvalue weighted by Gasteiger charge is -1.99. The summed E-state index contributed by atoms with van der Waals surface area (Å²) in [6, 6.07) is 2.28. The van der Waals surface area contributed by atoms with Crippen LogP contribution in [-0.4, -0.2) is 11.6 Å². The Kier molecular flexibility index (Phi) is 2.06. The third kappa shape index (κ3) is 1.19. The molecule has 10 heavy (non-hydrogen) atoms. The molecule has 0 saturated carbocycles. The van der Waals surface area contributed by atoms with E-state index in [0.717, 1.165) is 0 Å². The van der Waals surface area contributed by atoms with Gasteiger partial charge in [0.25, 0.3) is 6.47 Å². The Labute approximate surface area is 63.1 Å². The van der Waals surface area contributed by atoms with Crippen molar-refractivity contribution in [3.05, 3.63) is 21.4 Å². The van der Waals surface area contributed by atoms with Gasteiger partial charge in [0.2, 0.25) is 0 Å². The predicted molar refractivity (Wildman–Crippen MR) is 40.6 cm³/mol. The van der Waals surface area contributed by atoms with Gasteiger partial charge in [-0.2, -0.15) is 0 Å². The van der Waals surface area contributed by atoms with Gasteiger partial charge in [0.1, 0.15) is 0 Å². The van der Waals surface area contributed by atoms with Crippen molar-refractivity contribution in [2.45, 2.75) is 13.3 Å². The monoisotopic (exact) mass is 156 g/mol. The lowest BCUT2D eigenvalue weighted by atomic mass is 10.3. The average molecular weight is 156 g/mol. The molecule has 0 atom stereocenters. The minimum absolute atomic E-state index is 0.250. The van der Waals surface area contributed by atoms with Crippen molar-refractivity contribution in [2.24, 2.45) is 0 Å². The van der Waals surface area contributed by atoms with Crippen molar-refractivity contribution in [3.8, 4) is 0 Å². The summed E-state index contributed by atoms with van der Waals surface area (Å²) in [5.74, 6) is 0. The van der Waals surface area contributed by atoms with Gasteiger partial charge in [-0.3, -0.25) is 4.79 Å². The highest BCUT2D eigenvalue weighted by Crippen LogP contribution is 2.34. The van der Waals surface area contributed by atoms with Gasteiger partial charge in [-0.25, -0.2) is 0 Å². The fraction of sp³-hybridized carbons (Fsp3) is 0.286. The summed E-state index contributed by atoms with van der Waals surface area (Å²) >= 11 is 1.94. The lowest BCUT2D eigenvalue weighted by molar-refractivity contribution is -0.122. The van der Waals surface area contributed by atoms with E-state index in [1.165, 1.54) is 12.0 Å². The molecule has 1 aliphatic carbocycles. The van der Waals surface area contributed by atoms with Crippen LogP contribution in [0.1, 0.15) is 15.3 Å². The molecule has 2 heterocycles. The van der Waals surface area contributed by atoms with Crippen molar-refractivity contribution >= 4 is 17.8 Å². The van der Waals surface area contributed by atoms with Gasteiger partial charge >= 0.3 is 0 Å². The quantitative estimate of drug-likeness (QED) is 0.589. The normalized spacial score (nSPS) is 10.9. The SMILES string of the molecule is Cc1cc2sc1C2.O=CO. The van der Waals surface area contributed by atoms with Gasteiger partial charge in [-0.15, -0.1) is 11.3 Å². The first kappa shape index (κ1) is 7.28. The molecule has 0 radical (unpaired) electrons. The van der Waals surface area contributed by atoms with Gasteiger partial charge < -0.3 is 5.11 Å². The summed E-state index contributed by atoms with van der Waals surface area (Å²) in [6.07, 6.45) is 1.27. The Balaban J connectivity index is 0.000000148. The Hall–Kier alpha value is -0.830.